The molecule has 1 fully saturated rings. The zero-order valence-corrected chi connectivity index (χ0v) is 15.8. The Balaban J connectivity index is 1.57. The zero-order valence-electron chi connectivity index (χ0n) is 15.8. The normalized spacial score (nSPS) is 17.2. The van der Waals surface area contributed by atoms with E-state index in [1.807, 2.05) is 20.8 Å². The first kappa shape index (κ1) is 18.4. The molecule has 1 aromatic carbocycles. The number of ether oxygens (including phenoxy) is 3. The van der Waals surface area contributed by atoms with Crippen molar-refractivity contribution in [3.63, 3.8) is 0 Å². The minimum atomic E-state index is -0.500. The van der Waals surface area contributed by atoms with Gasteiger partial charge in [0.25, 0.3) is 5.91 Å². The SMILES string of the molecule is CN(C(=O)c1ccc2c(c1)OCO2)C1CCN(C(=O)OC(C)(C)C)CC1. The third-order valence-corrected chi connectivity index (χ3v) is 4.60. The lowest BCUT2D eigenvalue weighted by Gasteiger charge is -2.37. The summed E-state index contributed by atoms with van der Waals surface area (Å²) in [6, 6.07) is 5.32. The average Bonchev–Trinajstić information content (AvgIpc) is 3.06. The average molecular weight is 362 g/mol. The molecule has 3 rings (SSSR count). The van der Waals surface area contributed by atoms with Gasteiger partial charge in [0.2, 0.25) is 6.79 Å². The summed E-state index contributed by atoms with van der Waals surface area (Å²) in [4.78, 5) is 28.4. The minimum absolute atomic E-state index is 0.0565. The van der Waals surface area contributed by atoms with Crippen LogP contribution in [0.2, 0.25) is 0 Å². The molecular weight excluding hydrogens is 336 g/mol. The first-order valence-corrected chi connectivity index (χ1v) is 8.89. The number of benzene rings is 1. The van der Waals surface area contributed by atoms with Crippen LogP contribution in [0.1, 0.15) is 44.0 Å². The highest BCUT2D eigenvalue weighted by Crippen LogP contribution is 2.33. The second-order valence-electron chi connectivity index (χ2n) is 7.68. The van der Waals surface area contributed by atoms with E-state index in [0.717, 1.165) is 12.8 Å². The van der Waals surface area contributed by atoms with Crippen LogP contribution in [0.3, 0.4) is 0 Å². The topological polar surface area (TPSA) is 68.3 Å². The second kappa shape index (κ2) is 7.05. The maximum Gasteiger partial charge on any atom is 0.410 e. The number of piperidine rings is 1. The van der Waals surface area contributed by atoms with Crippen LogP contribution >= 0.6 is 0 Å². The summed E-state index contributed by atoms with van der Waals surface area (Å²) in [5.41, 5.74) is 0.0753. The molecule has 0 saturated carbocycles. The van der Waals surface area contributed by atoms with Gasteiger partial charge in [-0.3, -0.25) is 4.79 Å². The van der Waals surface area contributed by atoms with Gasteiger partial charge in [-0.05, 0) is 51.8 Å². The lowest BCUT2D eigenvalue weighted by atomic mass is 10.0. The summed E-state index contributed by atoms with van der Waals surface area (Å²) in [5, 5.41) is 0. The van der Waals surface area contributed by atoms with Gasteiger partial charge >= 0.3 is 6.09 Å². The highest BCUT2D eigenvalue weighted by molar-refractivity contribution is 5.95. The minimum Gasteiger partial charge on any atom is -0.454 e. The number of carbonyl (C=O) groups is 2. The highest BCUT2D eigenvalue weighted by Gasteiger charge is 2.30. The Morgan fingerprint density at radius 1 is 1.15 bits per heavy atom. The maximum absolute atomic E-state index is 12.8. The van der Waals surface area contributed by atoms with E-state index in [1.165, 1.54) is 0 Å². The largest absolute Gasteiger partial charge is 0.454 e. The molecule has 7 heteroatoms. The van der Waals surface area contributed by atoms with Crippen molar-refractivity contribution < 1.29 is 23.8 Å². The van der Waals surface area contributed by atoms with Gasteiger partial charge in [0.1, 0.15) is 5.60 Å². The number of amides is 2. The second-order valence-corrected chi connectivity index (χ2v) is 7.68. The Morgan fingerprint density at radius 3 is 2.46 bits per heavy atom. The molecule has 2 amide bonds. The monoisotopic (exact) mass is 362 g/mol. The molecule has 0 atom stereocenters. The van der Waals surface area contributed by atoms with Crippen LogP contribution in [0.15, 0.2) is 18.2 Å². The summed E-state index contributed by atoms with van der Waals surface area (Å²) in [6.45, 7) is 6.92. The lowest BCUT2D eigenvalue weighted by molar-refractivity contribution is 0.0160. The number of hydrogen-bond donors (Lipinski definition) is 0. The molecule has 0 spiro atoms. The number of hydrogen-bond acceptors (Lipinski definition) is 5. The van der Waals surface area contributed by atoms with Crippen LogP contribution < -0.4 is 9.47 Å². The molecule has 0 aromatic heterocycles. The molecule has 1 saturated heterocycles. The molecule has 0 unspecified atom stereocenters. The molecule has 0 N–H and O–H groups in total. The van der Waals surface area contributed by atoms with Crippen molar-refractivity contribution in [3.05, 3.63) is 23.8 Å². The van der Waals surface area contributed by atoms with Crippen molar-refractivity contribution in [1.82, 2.24) is 9.80 Å². The summed E-state index contributed by atoms with van der Waals surface area (Å²) < 4.78 is 16.0. The summed E-state index contributed by atoms with van der Waals surface area (Å²) in [6.07, 6.45) is 1.17. The van der Waals surface area contributed by atoms with Crippen molar-refractivity contribution in [2.75, 3.05) is 26.9 Å². The van der Waals surface area contributed by atoms with Gasteiger partial charge in [-0.1, -0.05) is 0 Å². The number of carbonyl (C=O) groups excluding carboxylic acids is 2. The van der Waals surface area contributed by atoms with Gasteiger partial charge in [0, 0.05) is 31.7 Å². The first-order valence-electron chi connectivity index (χ1n) is 8.89. The Labute approximate surface area is 153 Å². The van der Waals surface area contributed by atoms with Crippen molar-refractivity contribution in [3.8, 4) is 11.5 Å². The van der Waals surface area contributed by atoms with E-state index in [2.05, 4.69) is 0 Å². The number of rotatable bonds is 2. The third-order valence-electron chi connectivity index (χ3n) is 4.60. The van der Waals surface area contributed by atoms with Crippen LogP contribution in [-0.4, -0.2) is 60.4 Å². The van der Waals surface area contributed by atoms with Crippen molar-refractivity contribution in [2.24, 2.45) is 0 Å². The Bertz CT molecular complexity index is 690. The predicted molar refractivity (Wildman–Crippen MR) is 95.5 cm³/mol. The van der Waals surface area contributed by atoms with Crippen molar-refractivity contribution in [1.29, 1.82) is 0 Å². The zero-order chi connectivity index (χ0) is 18.9. The van der Waals surface area contributed by atoms with E-state index in [4.69, 9.17) is 14.2 Å². The quantitative estimate of drug-likeness (QED) is 0.809. The summed E-state index contributed by atoms with van der Waals surface area (Å²) in [7, 11) is 1.81. The molecule has 0 aliphatic carbocycles. The Morgan fingerprint density at radius 2 is 1.81 bits per heavy atom. The molecule has 142 valence electrons. The number of likely N-dealkylation sites (tertiary alicyclic amines) is 1. The molecule has 1 aromatic rings. The molecule has 26 heavy (non-hydrogen) atoms. The van der Waals surface area contributed by atoms with E-state index >= 15 is 0 Å². The van der Waals surface area contributed by atoms with Crippen LogP contribution in [0.5, 0.6) is 11.5 Å². The fourth-order valence-electron chi connectivity index (χ4n) is 3.16. The molecule has 2 heterocycles. The third kappa shape index (κ3) is 4.03. The molecule has 0 bridgehead atoms. The van der Waals surface area contributed by atoms with Crippen LogP contribution in [0.25, 0.3) is 0 Å². The lowest BCUT2D eigenvalue weighted by Crippen LogP contribution is -2.48. The van der Waals surface area contributed by atoms with Gasteiger partial charge < -0.3 is 24.0 Å². The van der Waals surface area contributed by atoms with E-state index in [0.29, 0.717) is 30.2 Å². The number of fused-ring (bicyclic) bond motifs is 1. The molecule has 2 aliphatic rings. The predicted octanol–water partition coefficient (Wildman–Crippen LogP) is 2.89. The van der Waals surface area contributed by atoms with Gasteiger partial charge in [-0.2, -0.15) is 0 Å². The Kier molecular flexibility index (Phi) is 4.98. The summed E-state index contributed by atoms with van der Waals surface area (Å²) >= 11 is 0. The van der Waals surface area contributed by atoms with Gasteiger partial charge in [-0.25, -0.2) is 4.79 Å². The van der Waals surface area contributed by atoms with E-state index in [-0.39, 0.29) is 24.8 Å². The maximum atomic E-state index is 12.8. The standard InChI is InChI=1S/C19H26N2O5/c1-19(2,3)26-18(23)21-9-7-14(8-10-21)20(4)17(22)13-5-6-15-16(11-13)25-12-24-15/h5-6,11,14H,7-10,12H2,1-4H3. The fourth-order valence-corrected chi connectivity index (χ4v) is 3.16. The smallest absolute Gasteiger partial charge is 0.410 e. The van der Waals surface area contributed by atoms with E-state index < -0.39 is 5.60 Å². The van der Waals surface area contributed by atoms with Crippen molar-refractivity contribution in [2.45, 2.75) is 45.3 Å². The molecule has 7 nitrogen and oxygen atoms in total. The van der Waals surface area contributed by atoms with E-state index in [9.17, 15) is 9.59 Å². The van der Waals surface area contributed by atoms with Gasteiger partial charge in [0.15, 0.2) is 11.5 Å². The van der Waals surface area contributed by atoms with E-state index in [1.54, 1.807) is 35.0 Å². The van der Waals surface area contributed by atoms with Gasteiger partial charge in [0.05, 0.1) is 0 Å². The molecule has 0 radical (unpaired) electrons. The molecular formula is C19H26N2O5. The van der Waals surface area contributed by atoms with Crippen LogP contribution in [0, 0.1) is 0 Å². The van der Waals surface area contributed by atoms with Crippen LogP contribution in [0.4, 0.5) is 4.79 Å². The first-order chi connectivity index (χ1) is 12.2. The Hall–Kier alpha value is -2.44. The summed E-state index contributed by atoms with van der Waals surface area (Å²) in [5.74, 6) is 1.21. The highest BCUT2D eigenvalue weighted by atomic mass is 16.7. The van der Waals surface area contributed by atoms with Crippen molar-refractivity contribution >= 4 is 12.0 Å². The van der Waals surface area contributed by atoms with Gasteiger partial charge in [-0.15, -0.1) is 0 Å². The molecule has 2 aliphatic heterocycles. The number of nitrogens with zero attached hydrogens (tertiary/aromatic N) is 2. The van der Waals surface area contributed by atoms with Crippen LogP contribution in [-0.2, 0) is 4.74 Å². The fraction of sp³-hybridized carbons (Fsp3) is 0.579.